The van der Waals surface area contributed by atoms with Crippen LogP contribution in [0.5, 0.6) is 0 Å². The highest BCUT2D eigenvalue weighted by atomic mass is 32.2. The van der Waals surface area contributed by atoms with Gasteiger partial charge in [-0.3, -0.25) is 4.79 Å². The molecule has 0 heterocycles. The number of ketones is 1. The molecule has 0 amide bonds. The van der Waals surface area contributed by atoms with Crippen LogP contribution >= 0.6 is 10.5 Å². The summed E-state index contributed by atoms with van der Waals surface area (Å²) in [4.78, 5) is 20.2. The van der Waals surface area contributed by atoms with E-state index in [-0.39, 0.29) is 16.3 Å². The molecule has 0 rings (SSSR count). The van der Waals surface area contributed by atoms with Crippen LogP contribution in [0.2, 0.25) is 0 Å². The first-order chi connectivity index (χ1) is 4.16. The van der Waals surface area contributed by atoms with Crippen LogP contribution in [-0.4, -0.2) is 23.0 Å². The molecule has 0 fully saturated rings. The van der Waals surface area contributed by atoms with Crippen LogP contribution in [0.15, 0.2) is 0 Å². The molecular formula is C6H10O2S. The fourth-order valence-electron chi connectivity index (χ4n) is 0.338. The minimum atomic E-state index is -0.324. The molecule has 0 aliphatic carbocycles. The second kappa shape index (κ2) is 4.48. The van der Waals surface area contributed by atoms with Crippen molar-refractivity contribution in [1.29, 1.82) is 0 Å². The molecule has 52 valence electrons. The number of rotatable bonds is 3. The molecule has 0 saturated carbocycles. The maximum Gasteiger partial charge on any atom is 0.155 e. The van der Waals surface area contributed by atoms with Crippen LogP contribution in [0.3, 0.4) is 0 Å². The third-order valence-electron chi connectivity index (χ3n) is 0.903. The average Bonchev–Trinajstić information content (AvgIpc) is 1.83. The Hall–Kier alpha value is -0.400. The van der Waals surface area contributed by atoms with Gasteiger partial charge in [-0.1, -0.05) is 0 Å². The predicted octanol–water partition coefficient (Wildman–Crippen LogP) is 0.931. The van der Waals surface area contributed by atoms with Gasteiger partial charge in [0.25, 0.3) is 0 Å². The molecule has 1 atom stereocenters. The highest BCUT2D eigenvalue weighted by molar-refractivity contribution is 8.13. The van der Waals surface area contributed by atoms with Crippen molar-refractivity contribution >= 4 is 21.5 Å². The van der Waals surface area contributed by atoms with Crippen molar-refractivity contribution in [2.75, 3.05) is 12.0 Å². The van der Waals surface area contributed by atoms with E-state index in [0.29, 0.717) is 12.2 Å². The van der Waals surface area contributed by atoms with E-state index in [1.54, 1.807) is 6.26 Å². The maximum absolute atomic E-state index is 10.3. The predicted molar refractivity (Wildman–Crippen MR) is 39.4 cm³/mol. The second-order valence-electron chi connectivity index (χ2n) is 1.88. The molecule has 0 N–H and O–H groups in total. The number of hydrogen-bond acceptors (Lipinski definition) is 2. The molecule has 2 nitrogen and oxygen atoms in total. The van der Waals surface area contributed by atoms with E-state index >= 15 is 0 Å². The number of carbonyl (C=O) groups excluding carboxylic acids is 2. The molecule has 0 aliphatic rings. The summed E-state index contributed by atoms with van der Waals surface area (Å²) >= 11 is 0. The van der Waals surface area contributed by atoms with E-state index in [9.17, 15) is 9.59 Å². The molecule has 0 aromatic carbocycles. The van der Waals surface area contributed by atoms with Crippen LogP contribution < -0.4 is 0 Å². The largest absolute Gasteiger partial charge is 0.300 e. The van der Waals surface area contributed by atoms with Gasteiger partial charge >= 0.3 is 0 Å². The van der Waals surface area contributed by atoms with Gasteiger partial charge in [-0.15, -0.1) is 10.5 Å². The molecule has 9 heavy (non-hydrogen) atoms. The van der Waals surface area contributed by atoms with Crippen molar-refractivity contribution in [2.45, 2.75) is 13.3 Å². The molecule has 3 heteroatoms. The van der Waals surface area contributed by atoms with E-state index in [2.05, 4.69) is 0 Å². The Bertz CT molecular complexity index is 156. The topological polar surface area (TPSA) is 34.1 Å². The van der Waals surface area contributed by atoms with Gasteiger partial charge in [0.1, 0.15) is 5.78 Å². The minimum absolute atomic E-state index is 0.143. The lowest BCUT2D eigenvalue weighted by atomic mass is 10.4. The first kappa shape index (κ1) is 8.60. The Morgan fingerprint density at radius 3 is 2.56 bits per heavy atom. The molecule has 0 aliphatic heterocycles. The molecular weight excluding hydrogens is 136 g/mol. The number of hydrogen-bond donors (Lipinski definition) is 0. The van der Waals surface area contributed by atoms with Crippen molar-refractivity contribution in [2.24, 2.45) is 0 Å². The van der Waals surface area contributed by atoms with E-state index in [1.165, 1.54) is 6.92 Å². The van der Waals surface area contributed by atoms with Crippen molar-refractivity contribution in [1.82, 2.24) is 0 Å². The maximum atomic E-state index is 10.3. The number of Topliss-reactive ketones (excluding diaryl/α,β-unsaturated/α-hetero) is 1. The Balaban J connectivity index is 3.52. The van der Waals surface area contributed by atoms with Gasteiger partial charge in [-0.25, -0.2) is 4.79 Å². The monoisotopic (exact) mass is 146 g/mol. The van der Waals surface area contributed by atoms with Gasteiger partial charge in [0.2, 0.25) is 0 Å². The lowest BCUT2D eigenvalue weighted by Gasteiger charge is -1.91. The quantitative estimate of drug-likeness (QED) is 0.555. The Labute approximate surface area is 57.2 Å². The van der Waals surface area contributed by atoms with E-state index in [4.69, 9.17) is 0 Å². The zero-order chi connectivity index (χ0) is 7.28. The first-order valence-electron chi connectivity index (χ1n) is 2.66. The lowest BCUT2D eigenvalue weighted by molar-refractivity contribution is -0.116. The standard InChI is InChI=1S/C6H10O2S/c1-6(8)3-4-9(2)5-7/h3-4H2,1-2H3. The Kier molecular flexibility index (Phi) is 4.28. The van der Waals surface area contributed by atoms with E-state index in [1.807, 2.05) is 5.23 Å². The molecule has 0 spiro atoms. The smallest absolute Gasteiger partial charge is 0.155 e. The molecule has 0 radical (unpaired) electrons. The first-order valence-corrected chi connectivity index (χ1v) is 4.46. The fourth-order valence-corrected chi connectivity index (χ4v) is 1.02. The molecule has 0 saturated heterocycles. The lowest BCUT2D eigenvalue weighted by Crippen LogP contribution is -1.92. The molecule has 0 bridgehead atoms. The summed E-state index contributed by atoms with van der Waals surface area (Å²) < 4.78 is 0. The zero-order valence-electron chi connectivity index (χ0n) is 5.64. The normalized spacial score (nSPS) is 12.2. The summed E-state index contributed by atoms with van der Waals surface area (Å²) in [6, 6.07) is 0. The fraction of sp³-hybridized carbons (Fsp3) is 0.667. The van der Waals surface area contributed by atoms with E-state index in [0.717, 1.165) is 0 Å². The van der Waals surface area contributed by atoms with Gasteiger partial charge in [-0.05, 0) is 13.2 Å². The average molecular weight is 146 g/mol. The van der Waals surface area contributed by atoms with Gasteiger partial charge in [0, 0.05) is 12.2 Å². The Morgan fingerprint density at radius 1 is 1.67 bits per heavy atom. The van der Waals surface area contributed by atoms with Gasteiger partial charge < -0.3 is 0 Å². The Morgan fingerprint density at radius 2 is 2.22 bits per heavy atom. The third-order valence-corrected chi connectivity index (χ3v) is 2.00. The SMILES string of the molecule is CC(=O)CCS(C)=C=O. The molecule has 0 aromatic heterocycles. The van der Waals surface area contributed by atoms with Gasteiger partial charge in [0.05, 0.1) is 0 Å². The summed E-state index contributed by atoms with van der Waals surface area (Å²) in [6.45, 7) is 1.53. The highest BCUT2D eigenvalue weighted by Crippen LogP contribution is 2.04. The summed E-state index contributed by atoms with van der Waals surface area (Å²) in [5, 5.41) is 1.85. The summed E-state index contributed by atoms with van der Waals surface area (Å²) in [5.41, 5.74) is 0. The summed E-state index contributed by atoms with van der Waals surface area (Å²) in [7, 11) is -0.324. The second-order valence-corrected chi connectivity index (χ2v) is 3.73. The summed E-state index contributed by atoms with van der Waals surface area (Å²) in [5.74, 6) is 0.809. The van der Waals surface area contributed by atoms with Crippen LogP contribution in [0.25, 0.3) is 0 Å². The van der Waals surface area contributed by atoms with Crippen molar-refractivity contribution < 1.29 is 9.59 Å². The van der Waals surface area contributed by atoms with Gasteiger partial charge in [0.15, 0.2) is 5.23 Å². The van der Waals surface area contributed by atoms with E-state index < -0.39 is 0 Å². The van der Waals surface area contributed by atoms with Gasteiger partial charge in [-0.2, -0.15) is 0 Å². The van der Waals surface area contributed by atoms with Crippen LogP contribution in [0.4, 0.5) is 0 Å². The minimum Gasteiger partial charge on any atom is -0.300 e. The van der Waals surface area contributed by atoms with Crippen LogP contribution in [0, 0.1) is 0 Å². The van der Waals surface area contributed by atoms with Crippen LogP contribution in [-0.2, 0) is 9.59 Å². The van der Waals surface area contributed by atoms with Crippen molar-refractivity contribution in [3.63, 3.8) is 0 Å². The van der Waals surface area contributed by atoms with Crippen molar-refractivity contribution in [3.8, 4) is 0 Å². The zero-order valence-corrected chi connectivity index (χ0v) is 6.46. The third kappa shape index (κ3) is 5.47. The van der Waals surface area contributed by atoms with Crippen LogP contribution in [0.1, 0.15) is 13.3 Å². The molecule has 0 aromatic rings. The van der Waals surface area contributed by atoms with Crippen molar-refractivity contribution in [3.05, 3.63) is 0 Å². The molecule has 1 unspecified atom stereocenters. The summed E-state index contributed by atoms with van der Waals surface area (Å²) in [6.07, 6.45) is 2.30. The highest BCUT2D eigenvalue weighted by Gasteiger charge is 1.92. The number of carbonyl (C=O) groups is 1.